The summed E-state index contributed by atoms with van der Waals surface area (Å²) in [6.45, 7) is 0. The van der Waals surface area contributed by atoms with Gasteiger partial charge in [-0.3, -0.25) is 0 Å². The van der Waals surface area contributed by atoms with Gasteiger partial charge in [-0.25, -0.2) is 0 Å². The third-order valence-corrected chi connectivity index (χ3v) is 4.00. The molecule has 0 heterocycles. The smallest absolute Gasteiger partial charge is 0.119 e. The van der Waals surface area contributed by atoms with E-state index in [0.717, 1.165) is 10.2 Å². The Hall–Kier alpha value is -1.32. The van der Waals surface area contributed by atoms with Crippen LogP contribution in [0, 0.1) is 0 Å². The largest absolute Gasteiger partial charge is 0.490 e. The molecule has 1 aliphatic rings. The summed E-state index contributed by atoms with van der Waals surface area (Å²) in [4.78, 5) is 0. The zero-order chi connectivity index (χ0) is 13.9. The molecular formula is C17H18BrNO. The summed E-state index contributed by atoms with van der Waals surface area (Å²) in [6, 6.07) is 17.0. The van der Waals surface area contributed by atoms with Gasteiger partial charge in [0.2, 0.25) is 0 Å². The summed E-state index contributed by atoms with van der Waals surface area (Å²) in [5.41, 5.74) is 2.49. The minimum Gasteiger partial charge on any atom is -0.490 e. The summed E-state index contributed by atoms with van der Waals surface area (Å²) >= 11 is 3.53. The van der Waals surface area contributed by atoms with Crippen LogP contribution in [0.15, 0.2) is 53.0 Å². The second-order valence-electron chi connectivity index (χ2n) is 5.16. The molecule has 2 aromatic carbocycles. The van der Waals surface area contributed by atoms with E-state index in [0.29, 0.717) is 6.10 Å². The fourth-order valence-corrected chi connectivity index (χ4v) is 2.75. The molecule has 0 bridgehead atoms. The Bertz CT molecular complexity index is 578. The van der Waals surface area contributed by atoms with Gasteiger partial charge in [0.15, 0.2) is 0 Å². The highest BCUT2D eigenvalue weighted by Gasteiger charge is 2.23. The van der Waals surface area contributed by atoms with Gasteiger partial charge in [-0.15, -0.1) is 0 Å². The van der Waals surface area contributed by atoms with Gasteiger partial charge < -0.3 is 10.1 Å². The van der Waals surface area contributed by atoms with Crippen LogP contribution in [0.5, 0.6) is 5.75 Å². The highest BCUT2D eigenvalue weighted by Crippen LogP contribution is 2.29. The van der Waals surface area contributed by atoms with E-state index >= 15 is 0 Å². The van der Waals surface area contributed by atoms with Gasteiger partial charge in [0.05, 0.1) is 12.1 Å². The Morgan fingerprint density at radius 2 is 1.85 bits per heavy atom. The lowest BCUT2D eigenvalue weighted by Gasteiger charge is -2.18. The van der Waals surface area contributed by atoms with Crippen LogP contribution >= 0.6 is 15.9 Å². The third kappa shape index (κ3) is 3.22. The molecular weight excluding hydrogens is 314 g/mol. The molecule has 1 atom stereocenters. The molecule has 0 saturated heterocycles. The van der Waals surface area contributed by atoms with E-state index in [1.54, 1.807) is 0 Å². The van der Waals surface area contributed by atoms with E-state index in [-0.39, 0.29) is 6.04 Å². The lowest BCUT2D eigenvalue weighted by molar-refractivity contribution is 0.303. The van der Waals surface area contributed by atoms with Gasteiger partial charge in [-0.05, 0) is 55.3 Å². The van der Waals surface area contributed by atoms with E-state index in [9.17, 15) is 0 Å². The first-order chi connectivity index (χ1) is 9.76. The van der Waals surface area contributed by atoms with Crippen molar-refractivity contribution in [3.8, 4) is 5.75 Å². The summed E-state index contributed by atoms with van der Waals surface area (Å²) < 4.78 is 6.89. The molecule has 3 heteroatoms. The molecule has 1 aliphatic carbocycles. The lowest BCUT2D eigenvalue weighted by Crippen LogP contribution is -2.17. The second kappa shape index (κ2) is 5.98. The quantitative estimate of drug-likeness (QED) is 0.881. The van der Waals surface area contributed by atoms with Crippen molar-refractivity contribution in [3.05, 3.63) is 64.1 Å². The van der Waals surface area contributed by atoms with Crippen LogP contribution in [0.25, 0.3) is 0 Å². The second-order valence-corrected chi connectivity index (χ2v) is 6.08. The van der Waals surface area contributed by atoms with E-state index in [1.807, 2.05) is 13.1 Å². The van der Waals surface area contributed by atoms with Crippen LogP contribution < -0.4 is 10.1 Å². The van der Waals surface area contributed by atoms with Crippen molar-refractivity contribution in [1.29, 1.82) is 0 Å². The number of halogens is 1. The summed E-state index contributed by atoms with van der Waals surface area (Å²) in [7, 11) is 1.99. The van der Waals surface area contributed by atoms with Crippen molar-refractivity contribution in [1.82, 2.24) is 5.32 Å². The Balaban J connectivity index is 1.81. The average molecular weight is 332 g/mol. The Morgan fingerprint density at radius 1 is 1.10 bits per heavy atom. The molecule has 3 rings (SSSR count). The first kappa shape index (κ1) is 13.7. The molecule has 1 fully saturated rings. The molecule has 0 amide bonds. The number of ether oxygens (including phenoxy) is 1. The molecule has 0 radical (unpaired) electrons. The fourth-order valence-electron chi connectivity index (χ4n) is 2.33. The molecule has 1 N–H and O–H groups in total. The van der Waals surface area contributed by atoms with Crippen molar-refractivity contribution < 1.29 is 4.74 Å². The van der Waals surface area contributed by atoms with Crippen LogP contribution in [0.3, 0.4) is 0 Å². The summed E-state index contributed by atoms with van der Waals surface area (Å²) in [5.74, 6) is 0.973. The minimum absolute atomic E-state index is 0.197. The fraction of sp³-hybridized carbons (Fsp3) is 0.294. The predicted octanol–water partition coefficient (Wildman–Crippen LogP) is 4.30. The van der Waals surface area contributed by atoms with Gasteiger partial charge in [0.1, 0.15) is 5.75 Å². The number of hydrogen-bond donors (Lipinski definition) is 1. The SMILES string of the molecule is CNC(c1ccc(OC2CC2)cc1)c1cccc(Br)c1. The number of rotatable bonds is 5. The van der Waals surface area contributed by atoms with Crippen molar-refractivity contribution in [2.75, 3.05) is 7.05 Å². The standard InChI is InChI=1S/C17H18BrNO/c1-19-17(13-3-2-4-14(18)11-13)12-5-7-15(8-6-12)20-16-9-10-16/h2-8,11,16-17,19H,9-10H2,1H3. The van der Waals surface area contributed by atoms with E-state index in [4.69, 9.17) is 4.74 Å². The molecule has 2 nitrogen and oxygen atoms in total. The van der Waals surface area contributed by atoms with E-state index < -0.39 is 0 Å². The molecule has 20 heavy (non-hydrogen) atoms. The molecule has 104 valence electrons. The van der Waals surface area contributed by atoms with Crippen LogP contribution in [0.1, 0.15) is 30.0 Å². The van der Waals surface area contributed by atoms with Crippen molar-refractivity contribution in [2.24, 2.45) is 0 Å². The van der Waals surface area contributed by atoms with Gasteiger partial charge in [-0.2, -0.15) is 0 Å². The third-order valence-electron chi connectivity index (χ3n) is 3.51. The van der Waals surface area contributed by atoms with Crippen LogP contribution in [-0.4, -0.2) is 13.2 Å². The van der Waals surface area contributed by atoms with Gasteiger partial charge >= 0.3 is 0 Å². The maximum atomic E-state index is 5.79. The molecule has 1 saturated carbocycles. The Labute approximate surface area is 128 Å². The van der Waals surface area contributed by atoms with Gasteiger partial charge in [0, 0.05) is 4.47 Å². The maximum absolute atomic E-state index is 5.79. The molecule has 1 unspecified atom stereocenters. The van der Waals surface area contributed by atoms with Crippen LogP contribution in [0.4, 0.5) is 0 Å². The highest BCUT2D eigenvalue weighted by molar-refractivity contribution is 9.10. The van der Waals surface area contributed by atoms with Gasteiger partial charge in [-0.1, -0.05) is 40.2 Å². The summed E-state index contributed by atoms with van der Waals surface area (Å²) in [5, 5.41) is 3.37. The minimum atomic E-state index is 0.197. The van der Waals surface area contributed by atoms with Crippen molar-refractivity contribution in [2.45, 2.75) is 25.0 Å². The number of hydrogen-bond acceptors (Lipinski definition) is 2. The topological polar surface area (TPSA) is 21.3 Å². The van der Waals surface area contributed by atoms with Crippen molar-refractivity contribution in [3.63, 3.8) is 0 Å². The average Bonchev–Trinajstić information content (AvgIpc) is 3.26. The molecule has 0 aromatic heterocycles. The number of nitrogens with one attached hydrogen (secondary N) is 1. The monoisotopic (exact) mass is 331 g/mol. The lowest BCUT2D eigenvalue weighted by atomic mass is 9.99. The predicted molar refractivity (Wildman–Crippen MR) is 85.1 cm³/mol. The van der Waals surface area contributed by atoms with Crippen LogP contribution in [0.2, 0.25) is 0 Å². The first-order valence-electron chi connectivity index (χ1n) is 6.95. The van der Waals surface area contributed by atoms with Crippen LogP contribution in [-0.2, 0) is 0 Å². The Kier molecular flexibility index (Phi) is 4.08. The molecule has 2 aromatic rings. The summed E-state index contributed by atoms with van der Waals surface area (Å²) in [6.07, 6.45) is 2.84. The Morgan fingerprint density at radius 3 is 2.45 bits per heavy atom. The van der Waals surface area contributed by atoms with Crippen molar-refractivity contribution >= 4 is 15.9 Å². The first-order valence-corrected chi connectivity index (χ1v) is 7.75. The maximum Gasteiger partial charge on any atom is 0.119 e. The number of benzene rings is 2. The zero-order valence-electron chi connectivity index (χ0n) is 11.5. The zero-order valence-corrected chi connectivity index (χ0v) is 13.1. The molecule has 0 aliphatic heterocycles. The van der Waals surface area contributed by atoms with E-state index in [2.05, 4.69) is 63.7 Å². The van der Waals surface area contributed by atoms with Gasteiger partial charge in [0.25, 0.3) is 0 Å². The highest BCUT2D eigenvalue weighted by atomic mass is 79.9. The van der Waals surface area contributed by atoms with E-state index in [1.165, 1.54) is 24.0 Å². The normalized spacial score (nSPS) is 15.9. The molecule has 0 spiro atoms.